The monoisotopic (exact) mass is 259 g/mol. The lowest BCUT2D eigenvalue weighted by Gasteiger charge is -2.16. The summed E-state index contributed by atoms with van der Waals surface area (Å²) in [7, 11) is 0. The molecule has 2 amide bonds. The Morgan fingerprint density at radius 3 is 2.67 bits per heavy atom. The van der Waals surface area contributed by atoms with Gasteiger partial charge in [0.25, 0.3) is 0 Å². The second kappa shape index (κ2) is 4.42. The summed E-state index contributed by atoms with van der Waals surface area (Å²) in [5.74, 6) is 0.641. The van der Waals surface area contributed by atoms with Gasteiger partial charge in [-0.2, -0.15) is 0 Å². The maximum absolute atomic E-state index is 11.6. The number of hydrogen-bond donors (Lipinski definition) is 1. The lowest BCUT2D eigenvalue weighted by atomic mass is 10.3. The molecule has 92 valence electrons. The van der Waals surface area contributed by atoms with E-state index in [1.165, 1.54) is 22.6 Å². The molecule has 1 saturated carbocycles. The van der Waals surface area contributed by atoms with E-state index in [0.717, 1.165) is 5.69 Å². The van der Waals surface area contributed by atoms with Crippen molar-refractivity contribution in [1.29, 1.82) is 0 Å². The molecule has 0 bridgehead atoms. The molecule has 1 aromatic carbocycles. The second-order valence-corrected chi connectivity index (χ2v) is 5.37. The molecule has 1 heterocycles. The van der Waals surface area contributed by atoms with Crippen LogP contribution in [0.3, 0.4) is 0 Å². The van der Waals surface area contributed by atoms with Gasteiger partial charge in [0.05, 0.1) is 5.69 Å². The Labute approximate surface area is 109 Å². The Balaban J connectivity index is 1.95. The van der Waals surface area contributed by atoms with Crippen LogP contribution in [0.5, 0.6) is 0 Å². The molecule has 0 aliphatic heterocycles. The van der Waals surface area contributed by atoms with Crippen molar-refractivity contribution >= 4 is 28.2 Å². The molecule has 1 fully saturated rings. The number of amides is 2. The molecule has 4 nitrogen and oxygen atoms in total. The molecule has 0 spiro atoms. The minimum Gasteiger partial charge on any atom is -0.351 e. The van der Waals surface area contributed by atoms with Crippen molar-refractivity contribution in [3.8, 4) is 0 Å². The van der Waals surface area contributed by atoms with Crippen LogP contribution in [-0.2, 0) is 0 Å². The first-order valence-corrected chi connectivity index (χ1v) is 6.67. The van der Waals surface area contributed by atoms with Gasteiger partial charge >= 0.3 is 6.03 Å². The highest BCUT2D eigenvalue weighted by Crippen LogP contribution is 2.44. The first kappa shape index (κ1) is 11.2. The number of hydrogen-bond acceptors (Lipinski definition) is 3. The number of carbonyl (C=O) groups excluding carboxylic acids is 1. The van der Waals surface area contributed by atoms with Gasteiger partial charge in [-0.25, -0.2) is 14.7 Å². The maximum atomic E-state index is 11.6. The molecule has 2 N–H and O–H groups in total. The molecular weight excluding hydrogens is 246 g/mol. The van der Waals surface area contributed by atoms with Crippen LogP contribution in [-0.4, -0.2) is 11.0 Å². The summed E-state index contributed by atoms with van der Waals surface area (Å²) in [6.07, 6.45) is 4.31. The van der Waals surface area contributed by atoms with Crippen LogP contribution in [0, 0.1) is 0 Å². The van der Waals surface area contributed by atoms with Crippen LogP contribution in [0.1, 0.15) is 23.6 Å². The number of urea groups is 1. The number of thiazole rings is 1. The van der Waals surface area contributed by atoms with E-state index in [0.29, 0.717) is 11.0 Å². The van der Waals surface area contributed by atoms with E-state index < -0.39 is 6.03 Å². The van der Waals surface area contributed by atoms with Gasteiger partial charge in [0.1, 0.15) is 0 Å². The lowest BCUT2D eigenvalue weighted by Crippen LogP contribution is -2.31. The highest BCUT2D eigenvalue weighted by atomic mass is 32.1. The Morgan fingerprint density at radius 1 is 1.33 bits per heavy atom. The molecule has 0 unspecified atom stereocenters. The predicted octanol–water partition coefficient (Wildman–Crippen LogP) is 3.24. The van der Waals surface area contributed by atoms with Gasteiger partial charge in [-0.3, -0.25) is 0 Å². The van der Waals surface area contributed by atoms with Crippen molar-refractivity contribution in [3.05, 3.63) is 41.4 Å². The van der Waals surface area contributed by atoms with E-state index in [4.69, 9.17) is 5.73 Å². The molecular formula is C13H13N3OS. The summed E-state index contributed by atoms with van der Waals surface area (Å²) in [4.78, 5) is 18.6. The van der Waals surface area contributed by atoms with Crippen LogP contribution >= 0.6 is 11.3 Å². The number of carbonyl (C=O) groups is 1. The van der Waals surface area contributed by atoms with Crippen LogP contribution in [0.25, 0.3) is 0 Å². The van der Waals surface area contributed by atoms with Crippen molar-refractivity contribution < 1.29 is 4.79 Å². The molecule has 0 atom stereocenters. The van der Waals surface area contributed by atoms with E-state index in [-0.39, 0.29) is 0 Å². The molecule has 3 rings (SSSR count). The fourth-order valence-electron chi connectivity index (χ4n) is 1.85. The topological polar surface area (TPSA) is 59.2 Å². The molecule has 1 aromatic heterocycles. The quantitative estimate of drug-likeness (QED) is 0.919. The Bertz CT molecular complexity index is 563. The zero-order valence-corrected chi connectivity index (χ0v) is 10.6. The number of rotatable bonds is 3. The number of para-hydroxylation sites is 1. The molecule has 0 radical (unpaired) electrons. The van der Waals surface area contributed by atoms with Crippen LogP contribution < -0.4 is 10.6 Å². The third-order valence-corrected chi connectivity index (χ3v) is 4.06. The summed E-state index contributed by atoms with van der Waals surface area (Å²) in [5, 5.41) is 0.649. The molecule has 1 aliphatic carbocycles. The summed E-state index contributed by atoms with van der Waals surface area (Å²) >= 11 is 1.55. The summed E-state index contributed by atoms with van der Waals surface area (Å²) in [6, 6.07) is 8.85. The van der Waals surface area contributed by atoms with Gasteiger partial charge in [-0.1, -0.05) is 18.2 Å². The molecule has 2 aromatic rings. The number of aromatic nitrogens is 1. The minimum atomic E-state index is -0.502. The normalized spacial score (nSPS) is 14.4. The third-order valence-electron chi connectivity index (χ3n) is 2.92. The van der Waals surface area contributed by atoms with Gasteiger partial charge in [-0.05, 0) is 30.9 Å². The van der Waals surface area contributed by atoms with Crippen LogP contribution in [0.2, 0.25) is 0 Å². The first-order chi connectivity index (χ1) is 8.75. The average molecular weight is 259 g/mol. The largest absolute Gasteiger partial charge is 0.351 e. The fraction of sp³-hybridized carbons (Fsp3) is 0.231. The Morgan fingerprint density at radius 2 is 2.06 bits per heavy atom. The van der Waals surface area contributed by atoms with Gasteiger partial charge < -0.3 is 5.73 Å². The smallest absolute Gasteiger partial charge is 0.325 e. The maximum Gasteiger partial charge on any atom is 0.325 e. The number of anilines is 2. The first-order valence-electron chi connectivity index (χ1n) is 5.86. The SMILES string of the molecule is NC(=O)N(c1ccccc1)c1ncc(C2CC2)s1. The zero-order chi connectivity index (χ0) is 12.5. The Hall–Kier alpha value is -1.88. The summed E-state index contributed by atoms with van der Waals surface area (Å²) < 4.78 is 0. The summed E-state index contributed by atoms with van der Waals surface area (Å²) in [6.45, 7) is 0. The van der Waals surface area contributed by atoms with Gasteiger partial charge in [-0.15, -0.1) is 11.3 Å². The van der Waals surface area contributed by atoms with Crippen molar-refractivity contribution in [2.24, 2.45) is 5.73 Å². The lowest BCUT2D eigenvalue weighted by molar-refractivity contribution is 0.256. The second-order valence-electron chi connectivity index (χ2n) is 4.33. The standard InChI is InChI=1S/C13H13N3OS/c14-12(17)16(10-4-2-1-3-5-10)13-15-8-11(18-13)9-6-7-9/h1-5,8-9H,6-7H2,(H2,14,17). The van der Waals surface area contributed by atoms with E-state index in [1.54, 1.807) is 11.3 Å². The molecule has 18 heavy (non-hydrogen) atoms. The van der Waals surface area contributed by atoms with Crippen molar-refractivity contribution in [3.63, 3.8) is 0 Å². The molecule has 1 aliphatic rings. The van der Waals surface area contributed by atoms with Gasteiger partial charge in [0, 0.05) is 11.1 Å². The van der Waals surface area contributed by atoms with E-state index >= 15 is 0 Å². The van der Waals surface area contributed by atoms with E-state index in [1.807, 2.05) is 36.5 Å². The predicted molar refractivity (Wildman–Crippen MR) is 72.3 cm³/mol. The molecule has 5 heteroatoms. The minimum absolute atomic E-state index is 0.502. The number of nitrogens with zero attached hydrogens (tertiary/aromatic N) is 2. The number of benzene rings is 1. The molecule has 0 saturated heterocycles. The zero-order valence-electron chi connectivity index (χ0n) is 9.74. The Kier molecular flexibility index (Phi) is 2.76. The fourth-order valence-corrected chi connectivity index (χ4v) is 2.96. The van der Waals surface area contributed by atoms with E-state index in [2.05, 4.69) is 4.98 Å². The number of primary amides is 1. The van der Waals surface area contributed by atoms with Crippen LogP contribution in [0.15, 0.2) is 36.5 Å². The van der Waals surface area contributed by atoms with Gasteiger partial charge in [0.15, 0.2) is 5.13 Å². The highest BCUT2D eigenvalue weighted by Gasteiger charge is 2.27. The van der Waals surface area contributed by atoms with Crippen molar-refractivity contribution in [1.82, 2.24) is 4.98 Å². The van der Waals surface area contributed by atoms with E-state index in [9.17, 15) is 4.79 Å². The summed E-state index contributed by atoms with van der Waals surface area (Å²) in [5.41, 5.74) is 6.21. The third kappa shape index (κ3) is 2.09. The highest BCUT2D eigenvalue weighted by molar-refractivity contribution is 7.16. The van der Waals surface area contributed by atoms with Crippen LogP contribution in [0.4, 0.5) is 15.6 Å². The number of nitrogens with two attached hydrogens (primary N) is 1. The van der Waals surface area contributed by atoms with Gasteiger partial charge in [0.2, 0.25) is 0 Å². The van der Waals surface area contributed by atoms with Crippen molar-refractivity contribution in [2.75, 3.05) is 4.90 Å². The average Bonchev–Trinajstić information content (AvgIpc) is 3.11. The van der Waals surface area contributed by atoms with Crippen molar-refractivity contribution in [2.45, 2.75) is 18.8 Å².